The molecule has 0 unspecified atom stereocenters. The molecule has 30 heavy (non-hydrogen) atoms. The van der Waals surface area contributed by atoms with E-state index in [0.29, 0.717) is 17.2 Å². The highest BCUT2D eigenvalue weighted by atomic mass is 32.2. The first-order valence-electron chi connectivity index (χ1n) is 9.91. The Bertz CT molecular complexity index is 920. The van der Waals surface area contributed by atoms with Crippen LogP contribution in [0.5, 0.6) is 0 Å². The number of anilines is 4. The molecule has 0 aliphatic carbocycles. The molecule has 5 nitrogen and oxygen atoms in total. The minimum Gasteiger partial charge on any atom is -0.370 e. The first kappa shape index (κ1) is 22.3. The lowest BCUT2D eigenvalue weighted by molar-refractivity contribution is -0.115. The van der Waals surface area contributed by atoms with Crippen LogP contribution in [0, 0.1) is 6.92 Å². The fourth-order valence-electron chi connectivity index (χ4n) is 3.46. The van der Waals surface area contributed by atoms with Crippen molar-refractivity contribution in [3.8, 4) is 0 Å². The van der Waals surface area contributed by atoms with Gasteiger partial charge in [-0.15, -0.1) is 0 Å². The van der Waals surface area contributed by atoms with Crippen molar-refractivity contribution in [2.24, 2.45) is 0 Å². The van der Waals surface area contributed by atoms with Crippen LogP contribution in [0.1, 0.15) is 32.4 Å². The second-order valence-corrected chi connectivity index (χ2v) is 8.23. The number of fused-ring (bicyclic) bond motifs is 1. The Hall–Kier alpha value is -2.42. The number of nitrogens with one attached hydrogen (secondary N) is 1. The number of alkyl halides is 3. The second kappa shape index (κ2) is 9.16. The van der Waals surface area contributed by atoms with Crippen molar-refractivity contribution in [3.63, 3.8) is 0 Å². The van der Waals surface area contributed by atoms with Gasteiger partial charge in [-0.05, 0) is 56.3 Å². The Morgan fingerprint density at radius 1 is 1.27 bits per heavy atom. The van der Waals surface area contributed by atoms with E-state index in [1.54, 1.807) is 17.0 Å². The van der Waals surface area contributed by atoms with Gasteiger partial charge >= 0.3 is 5.51 Å². The van der Waals surface area contributed by atoms with Crippen molar-refractivity contribution in [2.45, 2.75) is 44.0 Å². The van der Waals surface area contributed by atoms with Gasteiger partial charge in [0, 0.05) is 29.4 Å². The summed E-state index contributed by atoms with van der Waals surface area (Å²) in [4.78, 5) is 21.1. The third kappa shape index (κ3) is 5.19. The molecular formula is C21H25F3N4OS. The molecule has 9 heteroatoms. The number of carbonyl (C=O) groups excluding carboxylic acids is 1. The van der Waals surface area contributed by atoms with Crippen LogP contribution in [0.2, 0.25) is 0 Å². The number of amides is 1. The lowest BCUT2D eigenvalue weighted by atomic mass is 10.1. The molecule has 0 saturated carbocycles. The molecule has 1 aliphatic rings. The van der Waals surface area contributed by atoms with Crippen molar-refractivity contribution in [3.05, 3.63) is 36.0 Å². The first-order valence-corrected chi connectivity index (χ1v) is 10.7. The molecule has 1 aromatic carbocycles. The monoisotopic (exact) mass is 438 g/mol. The number of halogens is 3. The van der Waals surface area contributed by atoms with E-state index in [2.05, 4.69) is 29.0 Å². The number of hydrogen-bond acceptors (Lipinski definition) is 5. The molecule has 1 aromatic heterocycles. The Kier molecular flexibility index (Phi) is 6.80. The number of nitrogens with zero attached hydrogens (tertiary/aromatic N) is 3. The maximum atomic E-state index is 12.8. The SMILES string of the molecule is CCCCN(CC)c1cc(C)nc2c1NC(=O)CN2c1cccc(SC(F)(F)F)c1. The Balaban J connectivity index is 2.05. The average Bonchev–Trinajstić information content (AvgIpc) is 2.67. The summed E-state index contributed by atoms with van der Waals surface area (Å²) in [5.41, 5.74) is -1.61. The summed E-state index contributed by atoms with van der Waals surface area (Å²) in [7, 11) is 0. The number of rotatable bonds is 7. The van der Waals surface area contributed by atoms with Gasteiger partial charge in [0.1, 0.15) is 12.2 Å². The van der Waals surface area contributed by atoms with E-state index >= 15 is 0 Å². The number of hydrogen-bond donors (Lipinski definition) is 1. The molecule has 1 N–H and O–H groups in total. The van der Waals surface area contributed by atoms with Crippen LogP contribution in [0.3, 0.4) is 0 Å². The van der Waals surface area contributed by atoms with E-state index in [1.807, 2.05) is 13.0 Å². The van der Waals surface area contributed by atoms with Crippen molar-refractivity contribution in [1.29, 1.82) is 0 Å². The van der Waals surface area contributed by atoms with E-state index in [-0.39, 0.29) is 29.1 Å². The summed E-state index contributed by atoms with van der Waals surface area (Å²) in [6.45, 7) is 7.65. The molecule has 0 bridgehead atoms. The molecule has 1 amide bonds. The van der Waals surface area contributed by atoms with E-state index in [4.69, 9.17) is 0 Å². The quantitative estimate of drug-likeness (QED) is 0.561. The third-order valence-corrected chi connectivity index (χ3v) is 5.52. The molecule has 162 valence electrons. The zero-order valence-electron chi connectivity index (χ0n) is 17.2. The Labute approximate surface area is 178 Å². The molecule has 0 saturated heterocycles. The number of pyridine rings is 1. The average molecular weight is 439 g/mol. The van der Waals surface area contributed by atoms with Gasteiger partial charge in [-0.2, -0.15) is 13.2 Å². The Morgan fingerprint density at radius 3 is 2.70 bits per heavy atom. The normalized spacial score (nSPS) is 13.8. The summed E-state index contributed by atoms with van der Waals surface area (Å²) in [6, 6.07) is 8.05. The van der Waals surface area contributed by atoms with E-state index < -0.39 is 5.51 Å². The predicted octanol–water partition coefficient (Wildman–Crippen LogP) is 5.72. The molecule has 0 atom stereocenters. The Morgan fingerprint density at radius 2 is 2.03 bits per heavy atom. The van der Waals surface area contributed by atoms with Crippen LogP contribution >= 0.6 is 11.8 Å². The predicted molar refractivity (Wildman–Crippen MR) is 116 cm³/mol. The third-order valence-electron chi connectivity index (χ3n) is 4.80. The zero-order chi connectivity index (χ0) is 21.9. The smallest absolute Gasteiger partial charge is 0.370 e. The van der Waals surface area contributed by atoms with Gasteiger partial charge in [-0.3, -0.25) is 4.79 Å². The van der Waals surface area contributed by atoms with E-state index in [1.165, 1.54) is 12.1 Å². The van der Waals surface area contributed by atoms with E-state index in [0.717, 1.165) is 37.3 Å². The zero-order valence-corrected chi connectivity index (χ0v) is 18.0. The van der Waals surface area contributed by atoms with Crippen molar-refractivity contribution in [1.82, 2.24) is 4.98 Å². The van der Waals surface area contributed by atoms with Crippen molar-refractivity contribution >= 4 is 40.5 Å². The largest absolute Gasteiger partial charge is 0.446 e. The highest BCUT2D eigenvalue weighted by Crippen LogP contribution is 2.43. The van der Waals surface area contributed by atoms with E-state index in [9.17, 15) is 18.0 Å². The lowest BCUT2D eigenvalue weighted by Gasteiger charge is -2.34. The van der Waals surface area contributed by atoms with Gasteiger partial charge in [-0.1, -0.05) is 19.4 Å². The molecule has 3 rings (SSSR count). The number of thioether (sulfide) groups is 1. The van der Waals surface area contributed by atoms with Gasteiger partial charge < -0.3 is 15.1 Å². The fourth-order valence-corrected chi connectivity index (χ4v) is 4.06. The summed E-state index contributed by atoms with van der Waals surface area (Å²) >= 11 is -0.171. The van der Waals surface area contributed by atoms with Crippen LogP contribution in [-0.4, -0.2) is 36.0 Å². The maximum Gasteiger partial charge on any atom is 0.446 e. The number of aromatic nitrogens is 1. The first-order chi connectivity index (χ1) is 14.2. The molecule has 2 aromatic rings. The molecular weight excluding hydrogens is 413 g/mol. The van der Waals surface area contributed by atoms with Crippen molar-refractivity contribution in [2.75, 3.05) is 34.8 Å². The summed E-state index contributed by atoms with van der Waals surface area (Å²) in [5.74, 6) is 0.323. The maximum absolute atomic E-state index is 12.8. The fraction of sp³-hybridized carbons (Fsp3) is 0.429. The molecule has 0 spiro atoms. The molecule has 0 fully saturated rings. The molecule has 2 heterocycles. The number of benzene rings is 1. The standard InChI is InChI=1S/C21H25F3N4OS/c1-4-6-10-27(5-2)17-11-14(3)25-20-19(17)26-18(29)13-28(20)15-8-7-9-16(12-15)30-21(22,23)24/h7-9,11-12H,4-6,10,13H2,1-3H3,(H,26,29). The van der Waals surface area contributed by atoms with Crippen LogP contribution in [0.4, 0.5) is 36.1 Å². The van der Waals surface area contributed by atoms with Gasteiger partial charge in [0.15, 0.2) is 5.82 Å². The second-order valence-electron chi connectivity index (χ2n) is 7.09. The van der Waals surface area contributed by atoms with Crippen molar-refractivity contribution < 1.29 is 18.0 Å². The van der Waals surface area contributed by atoms with Gasteiger partial charge in [-0.25, -0.2) is 4.98 Å². The number of carbonyl (C=O) groups is 1. The minimum atomic E-state index is -4.38. The van der Waals surface area contributed by atoms with Crippen LogP contribution in [0.25, 0.3) is 0 Å². The minimum absolute atomic E-state index is 0.00981. The van der Waals surface area contributed by atoms with Crippen LogP contribution in [0.15, 0.2) is 35.2 Å². The summed E-state index contributed by atoms with van der Waals surface area (Å²) in [5, 5.41) is 2.93. The van der Waals surface area contributed by atoms with Gasteiger partial charge in [0.2, 0.25) is 5.91 Å². The highest BCUT2D eigenvalue weighted by molar-refractivity contribution is 8.00. The summed E-state index contributed by atoms with van der Waals surface area (Å²) in [6.07, 6.45) is 2.06. The van der Waals surface area contributed by atoms with Crippen LogP contribution in [-0.2, 0) is 4.79 Å². The number of unbranched alkanes of at least 4 members (excludes halogenated alkanes) is 1. The summed E-state index contributed by atoms with van der Waals surface area (Å²) < 4.78 is 38.5. The molecule has 0 radical (unpaired) electrons. The highest BCUT2D eigenvalue weighted by Gasteiger charge is 2.31. The van der Waals surface area contributed by atoms with Gasteiger partial charge in [0.05, 0.1) is 5.69 Å². The van der Waals surface area contributed by atoms with Crippen LogP contribution < -0.4 is 15.1 Å². The van der Waals surface area contributed by atoms with Gasteiger partial charge in [0.25, 0.3) is 0 Å². The topological polar surface area (TPSA) is 48.5 Å². The lowest BCUT2D eigenvalue weighted by Crippen LogP contribution is -2.37. The molecule has 1 aliphatic heterocycles. The number of aryl methyl sites for hydroxylation is 1.